The van der Waals surface area contributed by atoms with Crippen molar-refractivity contribution in [3.63, 3.8) is 0 Å². The highest BCUT2D eigenvalue weighted by Crippen LogP contribution is 2.24. The zero-order chi connectivity index (χ0) is 10.7. The van der Waals surface area contributed by atoms with Gasteiger partial charge in [-0.25, -0.2) is 9.97 Å². The van der Waals surface area contributed by atoms with Gasteiger partial charge < -0.3 is 10.1 Å². The van der Waals surface area contributed by atoms with Crippen LogP contribution < -0.4 is 5.32 Å². The lowest BCUT2D eigenvalue weighted by Crippen LogP contribution is -2.20. The Hall–Kier alpha value is -1.42. The Bertz CT molecular complexity index is 376. The molecule has 4 heteroatoms. The Morgan fingerprint density at radius 1 is 1.53 bits per heavy atom. The van der Waals surface area contributed by atoms with Gasteiger partial charge in [-0.3, -0.25) is 0 Å². The van der Waals surface area contributed by atoms with Gasteiger partial charge in [0.15, 0.2) is 0 Å². The Kier molecular flexibility index (Phi) is 2.97. The number of nitrogens with one attached hydrogen (secondary N) is 1. The van der Waals surface area contributed by atoms with Crippen LogP contribution in [0.1, 0.15) is 24.0 Å². The lowest BCUT2D eigenvalue weighted by atomic mass is 10.1. The minimum atomic E-state index is 0.0502. The van der Waals surface area contributed by atoms with Crippen LogP contribution >= 0.6 is 0 Å². The first-order chi connectivity index (χ1) is 7.31. The Balaban J connectivity index is 2.26. The first-order valence-electron chi connectivity index (χ1n) is 5.11. The molecule has 0 aromatic carbocycles. The molecule has 1 aliphatic heterocycles. The predicted molar refractivity (Wildman–Crippen MR) is 57.2 cm³/mol. The van der Waals surface area contributed by atoms with Crippen molar-refractivity contribution >= 4 is 0 Å². The van der Waals surface area contributed by atoms with Gasteiger partial charge in [-0.1, -0.05) is 0 Å². The van der Waals surface area contributed by atoms with Crippen LogP contribution in [0.25, 0.3) is 0 Å². The van der Waals surface area contributed by atoms with E-state index in [-0.39, 0.29) is 6.04 Å². The van der Waals surface area contributed by atoms with E-state index in [4.69, 9.17) is 4.74 Å². The number of ether oxygens (including phenoxy) is 1. The van der Waals surface area contributed by atoms with Crippen LogP contribution in [0.4, 0.5) is 0 Å². The SMILES string of the molecule is CNC(C1=CCCO1)c1ccnc(C)n1. The lowest BCUT2D eigenvalue weighted by Gasteiger charge is -2.16. The van der Waals surface area contributed by atoms with E-state index in [9.17, 15) is 0 Å². The third kappa shape index (κ3) is 2.15. The molecule has 1 atom stereocenters. The van der Waals surface area contributed by atoms with Gasteiger partial charge in [0.1, 0.15) is 17.6 Å². The Morgan fingerprint density at radius 2 is 2.40 bits per heavy atom. The fourth-order valence-corrected chi connectivity index (χ4v) is 1.71. The maximum Gasteiger partial charge on any atom is 0.125 e. The van der Waals surface area contributed by atoms with Crippen molar-refractivity contribution in [1.82, 2.24) is 15.3 Å². The molecule has 2 rings (SSSR count). The normalized spacial score (nSPS) is 17.1. The topological polar surface area (TPSA) is 47.0 Å². The molecule has 15 heavy (non-hydrogen) atoms. The number of likely N-dealkylation sites (N-methyl/N-ethyl adjacent to an activating group) is 1. The number of hydrogen-bond acceptors (Lipinski definition) is 4. The summed E-state index contributed by atoms with van der Waals surface area (Å²) >= 11 is 0. The van der Waals surface area contributed by atoms with Crippen LogP contribution in [0.5, 0.6) is 0 Å². The van der Waals surface area contributed by atoms with Gasteiger partial charge >= 0.3 is 0 Å². The zero-order valence-corrected chi connectivity index (χ0v) is 9.03. The Morgan fingerprint density at radius 3 is 3.00 bits per heavy atom. The molecule has 1 unspecified atom stereocenters. The molecule has 4 nitrogen and oxygen atoms in total. The second-order valence-corrected chi connectivity index (χ2v) is 3.49. The van der Waals surface area contributed by atoms with Crippen LogP contribution in [0, 0.1) is 6.92 Å². The van der Waals surface area contributed by atoms with Gasteiger partial charge in [0.05, 0.1) is 12.3 Å². The molecule has 1 aromatic heterocycles. The molecule has 0 radical (unpaired) electrons. The summed E-state index contributed by atoms with van der Waals surface area (Å²) in [4.78, 5) is 8.48. The molecule has 0 spiro atoms. The second-order valence-electron chi connectivity index (χ2n) is 3.49. The van der Waals surface area contributed by atoms with Crippen molar-refractivity contribution in [3.8, 4) is 0 Å². The largest absolute Gasteiger partial charge is 0.496 e. The van der Waals surface area contributed by atoms with Crippen molar-refractivity contribution in [3.05, 3.63) is 35.6 Å². The molecule has 1 aliphatic rings. The van der Waals surface area contributed by atoms with Crippen LogP contribution in [0.15, 0.2) is 24.1 Å². The van der Waals surface area contributed by atoms with Crippen molar-refractivity contribution in [2.75, 3.05) is 13.7 Å². The van der Waals surface area contributed by atoms with Crippen LogP contribution in [0.3, 0.4) is 0 Å². The molecule has 0 amide bonds. The standard InChI is InChI=1S/C11H15N3O/c1-8-13-6-5-9(14-8)11(12-2)10-4-3-7-15-10/h4-6,11-12H,3,7H2,1-2H3. The molecular weight excluding hydrogens is 190 g/mol. The van der Waals surface area contributed by atoms with Gasteiger partial charge in [0.25, 0.3) is 0 Å². The molecule has 0 bridgehead atoms. The monoisotopic (exact) mass is 205 g/mol. The lowest BCUT2D eigenvalue weighted by molar-refractivity contribution is 0.217. The summed E-state index contributed by atoms with van der Waals surface area (Å²) in [6, 6.07) is 1.96. The highest BCUT2D eigenvalue weighted by Gasteiger charge is 2.20. The van der Waals surface area contributed by atoms with E-state index < -0.39 is 0 Å². The van der Waals surface area contributed by atoms with E-state index >= 15 is 0 Å². The minimum Gasteiger partial charge on any atom is -0.496 e. The van der Waals surface area contributed by atoms with Gasteiger partial charge in [-0.2, -0.15) is 0 Å². The molecule has 0 saturated carbocycles. The van der Waals surface area contributed by atoms with Crippen molar-refractivity contribution < 1.29 is 4.74 Å². The molecular formula is C11H15N3O. The maximum atomic E-state index is 5.54. The minimum absolute atomic E-state index is 0.0502. The van der Waals surface area contributed by atoms with Crippen molar-refractivity contribution in [2.24, 2.45) is 0 Å². The molecule has 0 aliphatic carbocycles. The summed E-state index contributed by atoms with van der Waals surface area (Å²) in [7, 11) is 1.91. The van der Waals surface area contributed by atoms with E-state index in [2.05, 4.69) is 21.4 Å². The van der Waals surface area contributed by atoms with Gasteiger partial charge in [0, 0.05) is 12.6 Å². The molecule has 1 N–H and O–H groups in total. The highest BCUT2D eigenvalue weighted by atomic mass is 16.5. The number of rotatable bonds is 3. The van der Waals surface area contributed by atoms with E-state index in [0.29, 0.717) is 0 Å². The molecule has 0 fully saturated rings. The van der Waals surface area contributed by atoms with Crippen molar-refractivity contribution in [2.45, 2.75) is 19.4 Å². The summed E-state index contributed by atoms with van der Waals surface area (Å²) in [5.41, 5.74) is 0.957. The van der Waals surface area contributed by atoms with E-state index in [0.717, 1.165) is 30.3 Å². The Labute approximate surface area is 89.4 Å². The van der Waals surface area contributed by atoms with Gasteiger partial charge in [0.2, 0.25) is 0 Å². The first-order valence-corrected chi connectivity index (χ1v) is 5.11. The molecule has 80 valence electrons. The summed E-state index contributed by atoms with van der Waals surface area (Å²) < 4.78 is 5.54. The van der Waals surface area contributed by atoms with Crippen LogP contribution in [-0.2, 0) is 4.74 Å². The fraction of sp³-hybridized carbons (Fsp3) is 0.455. The summed E-state index contributed by atoms with van der Waals surface area (Å²) in [5.74, 6) is 1.75. The maximum absolute atomic E-state index is 5.54. The van der Waals surface area contributed by atoms with Gasteiger partial charge in [-0.15, -0.1) is 0 Å². The number of aryl methyl sites for hydroxylation is 1. The third-order valence-corrected chi connectivity index (χ3v) is 2.40. The number of hydrogen-bond donors (Lipinski definition) is 1. The molecule has 0 saturated heterocycles. The smallest absolute Gasteiger partial charge is 0.125 e. The fourth-order valence-electron chi connectivity index (χ4n) is 1.71. The summed E-state index contributed by atoms with van der Waals surface area (Å²) in [6.07, 6.45) is 4.87. The molecule has 2 heterocycles. The number of aromatic nitrogens is 2. The highest BCUT2D eigenvalue weighted by molar-refractivity contribution is 5.19. The predicted octanol–water partition coefficient (Wildman–Crippen LogP) is 1.35. The molecule has 1 aromatic rings. The van der Waals surface area contributed by atoms with Crippen molar-refractivity contribution in [1.29, 1.82) is 0 Å². The number of nitrogens with zero attached hydrogens (tertiary/aromatic N) is 2. The zero-order valence-electron chi connectivity index (χ0n) is 9.03. The van der Waals surface area contributed by atoms with Crippen LogP contribution in [-0.4, -0.2) is 23.6 Å². The van der Waals surface area contributed by atoms with Gasteiger partial charge in [-0.05, 0) is 26.1 Å². The van der Waals surface area contributed by atoms with Crippen LogP contribution in [0.2, 0.25) is 0 Å². The summed E-state index contributed by atoms with van der Waals surface area (Å²) in [6.45, 7) is 2.66. The van der Waals surface area contributed by atoms with E-state index in [1.165, 1.54) is 0 Å². The van der Waals surface area contributed by atoms with E-state index in [1.54, 1.807) is 6.20 Å². The third-order valence-electron chi connectivity index (χ3n) is 2.40. The average molecular weight is 205 g/mol. The quantitative estimate of drug-likeness (QED) is 0.809. The first kappa shape index (κ1) is 10.1. The second kappa shape index (κ2) is 4.40. The average Bonchev–Trinajstić information content (AvgIpc) is 2.72. The van der Waals surface area contributed by atoms with E-state index in [1.807, 2.05) is 20.0 Å². The summed E-state index contributed by atoms with van der Waals surface area (Å²) in [5, 5.41) is 3.20.